The number of rotatable bonds is 5. The van der Waals surface area contributed by atoms with E-state index in [1.54, 1.807) is 13.0 Å². The van der Waals surface area contributed by atoms with Gasteiger partial charge in [0.2, 0.25) is 5.88 Å². The molecule has 0 spiro atoms. The Bertz CT molecular complexity index is 609. The lowest BCUT2D eigenvalue weighted by molar-refractivity contribution is 0.0690. The third-order valence-corrected chi connectivity index (χ3v) is 3.00. The first kappa shape index (κ1) is 14.1. The van der Waals surface area contributed by atoms with Crippen LogP contribution in [0.2, 0.25) is 0 Å². The van der Waals surface area contributed by atoms with E-state index in [2.05, 4.69) is 4.98 Å². The Hall–Kier alpha value is -2.36. The van der Waals surface area contributed by atoms with Crippen molar-refractivity contribution < 1.29 is 14.6 Å². The van der Waals surface area contributed by atoms with Crippen LogP contribution in [0.4, 0.5) is 0 Å². The summed E-state index contributed by atoms with van der Waals surface area (Å²) in [4.78, 5) is 15.5. The van der Waals surface area contributed by atoms with Crippen LogP contribution in [0.25, 0.3) is 0 Å². The Balaban J connectivity index is 2.11. The monoisotopic (exact) mass is 271 g/mol. The molecule has 0 radical (unpaired) electrons. The van der Waals surface area contributed by atoms with E-state index in [9.17, 15) is 9.90 Å². The van der Waals surface area contributed by atoms with Gasteiger partial charge in [0.25, 0.3) is 0 Å². The summed E-state index contributed by atoms with van der Waals surface area (Å²) in [6.07, 6.45) is 0.717. The molecule has 0 saturated heterocycles. The number of aryl methyl sites for hydroxylation is 2. The van der Waals surface area contributed by atoms with Crippen LogP contribution < -0.4 is 4.74 Å². The van der Waals surface area contributed by atoms with Gasteiger partial charge in [0, 0.05) is 12.1 Å². The highest BCUT2D eigenvalue weighted by Gasteiger charge is 2.16. The first-order valence-corrected chi connectivity index (χ1v) is 6.46. The number of aromatic carboxylic acids is 1. The normalized spacial score (nSPS) is 10.3. The van der Waals surface area contributed by atoms with Crippen molar-refractivity contribution in [3.8, 4) is 5.88 Å². The van der Waals surface area contributed by atoms with Crippen molar-refractivity contribution in [3.63, 3.8) is 0 Å². The van der Waals surface area contributed by atoms with E-state index < -0.39 is 5.97 Å². The zero-order valence-corrected chi connectivity index (χ0v) is 11.6. The Kier molecular flexibility index (Phi) is 4.35. The van der Waals surface area contributed by atoms with Crippen molar-refractivity contribution in [1.29, 1.82) is 0 Å². The Morgan fingerprint density at radius 1 is 1.25 bits per heavy atom. The lowest BCUT2D eigenvalue weighted by Gasteiger charge is -2.11. The second-order valence-electron chi connectivity index (χ2n) is 4.65. The van der Waals surface area contributed by atoms with Crippen molar-refractivity contribution >= 4 is 5.97 Å². The molecule has 1 aromatic carbocycles. The summed E-state index contributed by atoms with van der Waals surface area (Å²) < 4.78 is 5.57. The number of benzene rings is 1. The molecule has 2 rings (SSSR count). The highest BCUT2D eigenvalue weighted by molar-refractivity contribution is 5.91. The van der Waals surface area contributed by atoms with Crippen LogP contribution in [-0.4, -0.2) is 22.7 Å². The molecule has 0 aliphatic carbocycles. The molecule has 0 unspecified atom stereocenters. The predicted octanol–water partition coefficient (Wildman–Crippen LogP) is 3.02. The zero-order valence-electron chi connectivity index (χ0n) is 11.6. The molecule has 104 valence electrons. The fourth-order valence-corrected chi connectivity index (χ4v) is 2.08. The van der Waals surface area contributed by atoms with E-state index >= 15 is 0 Å². The van der Waals surface area contributed by atoms with Gasteiger partial charge in [-0.05, 0) is 31.0 Å². The van der Waals surface area contributed by atoms with Crippen LogP contribution in [0.15, 0.2) is 36.4 Å². The highest BCUT2D eigenvalue weighted by Crippen LogP contribution is 2.21. The Morgan fingerprint density at radius 2 is 1.95 bits per heavy atom. The maximum Gasteiger partial charge on any atom is 0.341 e. The molecule has 0 bridgehead atoms. The first-order valence-electron chi connectivity index (χ1n) is 6.46. The molecule has 0 aliphatic rings. The molecule has 0 saturated carbocycles. The third-order valence-electron chi connectivity index (χ3n) is 3.00. The van der Waals surface area contributed by atoms with Gasteiger partial charge in [-0.3, -0.25) is 0 Å². The lowest BCUT2D eigenvalue weighted by atomic mass is 10.1. The summed E-state index contributed by atoms with van der Waals surface area (Å²) in [5.74, 6) is -0.810. The quantitative estimate of drug-likeness (QED) is 0.908. The van der Waals surface area contributed by atoms with Crippen LogP contribution in [0, 0.1) is 13.8 Å². The average Bonchev–Trinajstić information content (AvgIpc) is 2.38. The van der Waals surface area contributed by atoms with Crippen LogP contribution in [0.5, 0.6) is 5.88 Å². The van der Waals surface area contributed by atoms with Gasteiger partial charge < -0.3 is 9.84 Å². The van der Waals surface area contributed by atoms with Crippen LogP contribution in [0.1, 0.15) is 27.2 Å². The SMILES string of the molecule is Cc1cc(C)c(C(=O)O)c(OCCc2ccccc2)n1. The van der Waals surface area contributed by atoms with Gasteiger partial charge in [0.1, 0.15) is 5.56 Å². The second-order valence-corrected chi connectivity index (χ2v) is 4.65. The van der Waals surface area contributed by atoms with Crippen molar-refractivity contribution in [2.24, 2.45) is 0 Å². The maximum absolute atomic E-state index is 11.3. The zero-order chi connectivity index (χ0) is 14.5. The summed E-state index contributed by atoms with van der Waals surface area (Å²) >= 11 is 0. The largest absolute Gasteiger partial charge is 0.477 e. The van der Waals surface area contributed by atoms with E-state index in [1.165, 1.54) is 0 Å². The van der Waals surface area contributed by atoms with Crippen LogP contribution in [0.3, 0.4) is 0 Å². The molecule has 4 heteroatoms. The predicted molar refractivity (Wildman–Crippen MR) is 76.3 cm³/mol. The van der Waals surface area contributed by atoms with Crippen molar-refractivity contribution in [3.05, 3.63) is 58.8 Å². The van der Waals surface area contributed by atoms with E-state index in [4.69, 9.17) is 4.74 Å². The number of ether oxygens (including phenoxy) is 1. The molecule has 0 amide bonds. The standard InChI is InChI=1S/C16H17NO3/c1-11-10-12(2)17-15(14(11)16(18)19)20-9-8-13-6-4-3-5-7-13/h3-7,10H,8-9H2,1-2H3,(H,18,19). The Morgan fingerprint density at radius 3 is 2.60 bits per heavy atom. The minimum Gasteiger partial charge on any atom is -0.477 e. The van der Waals surface area contributed by atoms with Gasteiger partial charge in [-0.25, -0.2) is 9.78 Å². The van der Waals surface area contributed by atoms with E-state index in [0.29, 0.717) is 18.6 Å². The van der Waals surface area contributed by atoms with E-state index in [-0.39, 0.29) is 11.4 Å². The maximum atomic E-state index is 11.3. The molecule has 20 heavy (non-hydrogen) atoms. The second kappa shape index (κ2) is 6.19. The number of carbonyl (C=O) groups is 1. The fraction of sp³-hybridized carbons (Fsp3) is 0.250. The van der Waals surface area contributed by atoms with E-state index in [1.807, 2.05) is 37.3 Å². The summed E-state index contributed by atoms with van der Waals surface area (Å²) in [5.41, 5.74) is 2.71. The number of aromatic nitrogens is 1. The van der Waals surface area contributed by atoms with Gasteiger partial charge in [-0.1, -0.05) is 30.3 Å². The molecule has 4 nitrogen and oxygen atoms in total. The number of hydrogen-bond acceptors (Lipinski definition) is 3. The average molecular weight is 271 g/mol. The number of nitrogens with zero attached hydrogens (tertiary/aromatic N) is 1. The molecular formula is C16H17NO3. The van der Waals surface area contributed by atoms with E-state index in [0.717, 1.165) is 11.3 Å². The van der Waals surface area contributed by atoms with Gasteiger partial charge in [-0.2, -0.15) is 0 Å². The van der Waals surface area contributed by atoms with Crippen molar-refractivity contribution in [2.75, 3.05) is 6.61 Å². The molecule has 0 aliphatic heterocycles. The molecule has 1 heterocycles. The van der Waals surface area contributed by atoms with Crippen LogP contribution in [-0.2, 0) is 6.42 Å². The number of hydrogen-bond donors (Lipinski definition) is 1. The van der Waals surface area contributed by atoms with Gasteiger partial charge in [-0.15, -0.1) is 0 Å². The summed E-state index contributed by atoms with van der Waals surface area (Å²) in [6, 6.07) is 11.7. The summed E-state index contributed by atoms with van der Waals surface area (Å²) in [5, 5.41) is 9.23. The van der Waals surface area contributed by atoms with Gasteiger partial charge in [0.05, 0.1) is 6.61 Å². The number of carboxylic acid groups (broad SMARTS) is 1. The first-order chi connectivity index (χ1) is 9.58. The molecule has 0 fully saturated rings. The fourth-order valence-electron chi connectivity index (χ4n) is 2.08. The molecule has 2 aromatic rings. The van der Waals surface area contributed by atoms with Gasteiger partial charge >= 0.3 is 5.97 Å². The van der Waals surface area contributed by atoms with Gasteiger partial charge in [0.15, 0.2) is 0 Å². The molecule has 1 aromatic heterocycles. The Labute approximate surface area is 118 Å². The summed E-state index contributed by atoms with van der Waals surface area (Å²) in [6.45, 7) is 3.98. The topological polar surface area (TPSA) is 59.4 Å². The lowest BCUT2D eigenvalue weighted by Crippen LogP contribution is -2.10. The highest BCUT2D eigenvalue weighted by atomic mass is 16.5. The number of carboxylic acids is 1. The smallest absolute Gasteiger partial charge is 0.341 e. The van der Waals surface area contributed by atoms with Crippen molar-refractivity contribution in [2.45, 2.75) is 20.3 Å². The molecule has 0 atom stereocenters. The minimum atomic E-state index is -1.01. The molecule has 1 N–H and O–H groups in total. The summed E-state index contributed by atoms with van der Waals surface area (Å²) in [7, 11) is 0. The van der Waals surface area contributed by atoms with Crippen LogP contribution >= 0.6 is 0 Å². The third kappa shape index (κ3) is 3.35. The number of pyridine rings is 1. The van der Waals surface area contributed by atoms with Crippen molar-refractivity contribution in [1.82, 2.24) is 4.98 Å². The molecular weight excluding hydrogens is 254 g/mol. The minimum absolute atomic E-state index is 0.142.